The SMILES string of the molecule is Cc1cnc(NC(=O)CCC[C@H]2C(B(O)O)O[C@@]3(C)CCC4c5ccccc5CCC4C23)s1. The lowest BCUT2D eigenvalue weighted by Gasteiger charge is -2.49. The summed E-state index contributed by atoms with van der Waals surface area (Å²) in [6, 6.07) is 8.21. The summed E-state index contributed by atoms with van der Waals surface area (Å²) in [7, 11) is -1.50. The van der Waals surface area contributed by atoms with Gasteiger partial charge in [0.25, 0.3) is 0 Å². The van der Waals surface area contributed by atoms with Crippen LogP contribution >= 0.6 is 11.3 Å². The van der Waals surface area contributed by atoms with Gasteiger partial charge in [0.1, 0.15) is 0 Å². The molecule has 1 saturated heterocycles. The Balaban J connectivity index is 1.31. The fraction of sp³-hybridized carbons (Fsp3) is 0.600. The van der Waals surface area contributed by atoms with Crippen molar-refractivity contribution in [3.63, 3.8) is 0 Å². The molecular formula is C25H33BN2O4S. The number of thiazole rings is 1. The Morgan fingerprint density at radius 3 is 2.91 bits per heavy atom. The van der Waals surface area contributed by atoms with Gasteiger partial charge in [-0.2, -0.15) is 0 Å². The first-order chi connectivity index (χ1) is 15.9. The van der Waals surface area contributed by atoms with Gasteiger partial charge in [0.2, 0.25) is 5.91 Å². The molecule has 33 heavy (non-hydrogen) atoms. The third-order valence-electron chi connectivity index (χ3n) is 8.23. The fourth-order valence-electron chi connectivity index (χ4n) is 6.97. The van der Waals surface area contributed by atoms with Crippen molar-refractivity contribution >= 4 is 29.5 Å². The number of carbonyl (C=O) groups is 1. The quantitative estimate of drug-likeness (QED) is 0.556. The number of aryl methyl sites for hydroxylation is 2. The van der Waals surface area contributed by atoms with E-state index in [0.29, 0.717) is 29.8 Å². The van der Waals surface area contributed by atoms with Crippen LogP contribution in [-0.4, -0.2) is 39.7 Å². The lowest BCUT2D eigenvalue weighted by Crippen LogP contribution is -2.46. The van der Waals surface area contributed by atoms with Crippen LogP contribution in [0.15, 0.2) is 30.5 Å². The van der Waals surface area contributed by atoms with Crippen LogP contribution in [0.3, 0.4) is 0 Å². The molecule has 6 atom stereocenters. The topological polar surface area (TPSA) is 91.7 Å². The molecule has 2 aliphatic carbocycles. The van der Waals surface area contributed by atoms with Gasteiger partial charge in [0, 0.05) is 17.5 Å². The van der Waals surface area contributed by atoms with Crippen LogP contribution in [0.4, 0.5) is 5.13 Å². The summed E-state index contributed by atoms with van der Waals surface area (Å²) in [4.78, 5) is 17.7. The summed E-state index contributed by atoms with van der Waals surface area (Å²) in [5.74, 6) is 1.23. The van der Waals surface area contributed by atoms with Gasteiger partial charge in [-0.05, 0) is 87.2 Å². The smallest absolute Gasteiger partial charge is 0.425 e. The number of aromatic nitrogens is 1. The van der Waals surface area contributed by atoms with Crippen molar-refractivity contribution in [2.45, 2.75) is 76.3 Å². The van der Waals surface area contributed by atoms with Gasteiger partial charge < -0.3 is 20.1 Å². The lowest BCUT2D eigenvalue weighted by molar-refractivity contribution is -0.116. The Bertz CT molecular complexity index is 1010. The molecule has 6 nitrogen and oxygen atoms in total. The van der Waals surface area contributed by atoms with E-state index >= 15 is 0 Å². The van der Waals surface area contributed by atoms with Crippen molar-refractivity contribution < 1.29 is 19.6 Å². The highest BCUT2D eigenvalue weighted by molar-refractivity contribution is 7.15. The summed E-state index contributed by atoms with van der Waals surface area (Å²) >= 11 is 1.47. The molecule has 2 fully saturated rings. The molecule has 2 heterocycles. The molecule has 1 amide bonds. The molecule has 0 radical (unpaired) electrons. The van der Waals surface area contributed by atoms with Gasteiger partial charge in [-0.15, -0.1) is 11.3 Å². The Morgan fingerprint density at radius 2 is 2.15 bits per heavy atom. The summed E-state index contributed by atoms with van der Waals surface area (Å²) in [6.07, 6.45) is 7.77. The van der Waals surface area contributed by atoms with Gasteiger partial charge in [-0.3, -0.25) is 4.79 Å². The van der Waals surface area contributed by atoms with Crippen molar-refractivity contribution in [3.05, 3.63) is 46.5 Å². The third-order valence-corrected chi connectivity index (χ3v) is 9.06. The fourth-order valence-corrected chi connectivity index (χ4v) is 7.65. The highest BCUT2D eigenvalue weighted by atomic mass is 32.1. The molecule has 1 aromatic carbocycles. The lowest BCUT2D eigenvalue weighted by atomic mass is 9.54. The number of hydrogen-bond donors (Lipinski definition) is 3. The molecule has 3 aliphatic rings. The van der Waals surface area contributed by atoms with Crippen molar-refractivity contribution in [2.75, 3.05) is 5.32 Å². The van der Waals surface area contributed by atoms with E-state index in [9.17, 15) is 14.8 Å². The minimum atomic E-state index is -1.50. The van der Waals surface area contributed by atoms with E-state index in [-0.39, 0.29) is 23.3 Å². The molecule has 0 bridgehead atoms. The number of carbonyl (C=O) groups excluding carboxylic acids is 1. The van der Waals surface area contributed by atoms with Crippen LogP contribution in [0.1, 0.15) is 67.4 Å². The molecule has 8 heteroatoms. The highest BCUT2D eigenvalue weighted by Crippen LogP contribution is 2.59. The van der Waals surface area contributed by atoms with Crippen LogP contribution in [0, 0.1) is 24.7 Å². The Kier molecular flexibility index (Phi) is 6.38. The van der Waals surface area contributed by atoms with E-state index in [4.69, 9.17) is 4.74 Å². The number of nitrogens with zero attached hydrogens (tertiary/aromatic N) is 1. The third kappa shape index (κ3) is 4.38. The summed E-state index contributed by atoms with van der Waals surface area (Å²) in [5.41, 5.74) is 2.60. The minimum absolute atomic E-state index is 0.0305. The highest BCUT2D eigenvalue weighted by Gasteiger charge is 2.60. The van der Waals surface area contributed by atoms with Crippen molar-refractivity contribution in [1.82, 2.24) is 4.98 Å². The maximum absolute atomic E-state index is 12.4. The van der Waals surface area contributed by atoms with E-state index in [1.165, 1.54) is 22.5 Å². The zero-order valence-corrected chi connectivity index (χ0v) is 20.2. The Labute approximate surface area is 199 Å². The van der Waals surface area contributed by atoms with Crippen LogP contribution in [-0.2, 0) is 16.0 Å². The Morgan fingerprint density at radius 1 is 1.33 bits per heavy atom. The molecule has 5 rings (SSSR count). The Hall–Kier alpha value is -1.74. The average molecular weight is 468 g/mol. The first kappa shape index (κ1) is 23.0. The largest absolute Gasteiger partial charge is 0.482 e. The second kappa shape index (κ2) is 9.14. The maximum Gasteiger partial charge on any atom is 0.482 e. The molecule has 0 spiro atoms. The number of amides is 1. The van der Waals surface area contributed by atoms with Gasteiger partial charge in [-0.25, -0.2) is 4.98 Å². The second-order valence-electron chi connectivity index (χ2n) is 10.3. The molecule has 2 aromatic rings. The van der Waals surface area contributed by atoms with E-state index in [1.807, 2.05) is 6.92 Å². The van der Waals surface area contributed by atoms with Gasteiger partial charge in [-0.1, -0.05) is 24.3 Å². The maximum atomic E-state index is 12.4. The van der Waals surface area contributed by atoms with Crippen LogP contribution in [0.2, 0.25) is 0 Å². The van der Waals surface area contributed by atoms with E-state index in [1.54, 1.807) is 6.20 Å². The van der Waals surface area contributed by atoms with Crippen molar-refractivity contribution in [2.24, 2.45) is 17.8 Å². The monoisotopic (exact) mass is 468 g/mol. The normalized spacial score (nSPS) is 32.5. The molecule has 176 valence electrons. The van der Waals surface area contributed by atoms with Gasteiger partial charge in [0.15, 0.2) is 5.13 Å². The van der Waals surface area contributed by atoms with Crippen molar-refractivity contribution in [1.29, 1.82) is 0 Å². The van der Waals surface area contributed by atoms with Crippen molar-refractivity contribution in [3.8, 4) is 0 Å². The number of hydrogen-bond acceptors (Lipinski definition) is 6. The zero-order chi connectivity index (χ0) is 23.2. The van der Waals surface area contributed by atoms with Gasteiger partial charge in [0.05, 0.1) is 11.6 Å². The number of fused-ring (bicyclic) bond motifs is 5. The first-order valence-electron chi connectivity index (χ1n) is 12.2. The molecule has 1 aliphatic heterocycles. The second-order valence-corrected chi connectivity index (χ2v) is 11.5. The number of benzene rings is 1. The average Bonchev–Trinajstić information content (AvgIpc) is 3.33. The predicted octanol–water partition coefficient (Wildman–Crippen LogP) is 4.10. The number of rotatable bonds is 6. The van der Waals surface area contributed by atoms with E-state index in [2.05, 4.69) is 41.5 Å². The molecule has 4 unspecified atom stereocenters. The number of nitrogens with one attached hydrogen (secondary N) is 1. The van der Waals surface area contributed by atoms with E-state index < -0.39 is 13.1 Å². The first-order valence-corrected chi connectivity index (χ1v) is 13.0. The summed E-state index contributed by atoms with van der Waals surface area (Å²) < 4.78 is 6.41. The zero-order valence-electron chi connectivity index (χ0n) is 19.4. The minimum Gasteiger partial charge on any atom is -0.425 e. The van der Waals surface area contributed by atoms with E-state index in [0.717, 1.165) is 37.0 Å². The molecular weight excluding hydrogens is 435 g/mol. The molecule has 3 N–H and O–H groups in total. The van der Waals surface area contributed by atoms with Crippen LogP contribution in [0.5, 0.6) is 0 Å². The number of anilines is 1. The standard InChI is InChI=1S/C25H33BN2O4S/c1-15-14-27-24(33-15)28-21(29)9-5-8-20-22-19-11-10-16-6-3-4-7-17(16)18(19)12-13-25(22,2)32-23(20)26(30)31/h3-4,6-7,14,18-20,22-23,30-31H,5,8-13H2,1-2H3,(H,27,28,29)/t18?,19?,20-,22?,23?,25+/m1/s1. The van der Waals surface area contributed by atoms with Crippen LogP contribution < -0.4 is 5.32 Å². The van der Waals surface area contributed by atoms with Crippen LogP contribution in [0.25, 0.3) is 0 Å². The summed E-state index contributed by atoms with van der Waals surface area (Å²) in [5, 5.41) is 23.9. The number of ether oxygens (including phenoxy) is 1. The summed E-state index contributed by atoms with van der Waals surface area (Å²) in [6.45, 7) is 4.13. The predicted molar refractivity (Wildman–Crippen MR) is 130 cm³/mol. The van der Waals surface area contributed by atoms with Gasteiger partial charge >= 0.3 is 7.12 Å². The molecule has 1 aromatic heterocycles. The molecule has 1 saturated carbocycles.